The topological polar surface area (TPSA) is 41.1 Å². The lowest BCUT2D eigenvalue weighted by Gasteiger charge is -2.17. The van der Waals surface area contributed by atoms with E-state index in [0.29, 0.717) is 6.54 Å². The van der Waals surface area contributed by atoms with Crippen molar-refractivity contribution in [1.82, 2.24) is 5.32 Å². The SMILES string of the molecule is CCc1cccc(CC)c1NC(=O)CNC(C)c1ccccc1. The van der Waals surface area contributed by atoms with E-state index in [4.69, 9.17) is 0 Å². The number of hydrogen-bond donors (Lipinski definition) is 2. The van der Waals surface area contributed by atoms with Gasteiger partial charge in [0.1, 0.15) is 0 Å². The predicted molar refractivity (Wildman–Crippen MR) is 96.7 cm³/mol. The van der Waals surface area contributed by atoms with Crippen LogP contribution in [-0.4, -0.2) is 12.5 Å². The third-order valence-electron chi connectivity index (χ3n) is 4.13. The Morgan fingerprint density at radius 3 is 2.13 bits per heavy atom. The standard InChI is InChI=1S/C20H26N2O/c1-4-16-12-9-13-17(5-2)20(16)22-19(23)14-21-15(3)18-10-7-6-8-11-18/h6-13,15,21H,4-5,14H2,1-3H3,(H,22,23). The monoisotopic (exact) mass is 310 g/mol. The van der Waals surface area contributed by atoms with E-state index in [1.54, 1.807) is 0 Å². The molecule has 0 bridgehead atoms. The highest BCUT2D eigenvalue weighted by atomic mass is 16.1. The van der Waals surface area contributed by atoms with Crippen molar-refractivity contribution < 1.29 is 4.79 Å². The lowest BCUT2D eigenvalue weighted by molar-refractivity contribution is -0.115. The maximum absolute atomic E-state index is 12.3. The Morgan fingerprint density at radius 1 is 0.957 bits per heavy atom. The second-order valence-corrected chi connectivity index (χ2v) is 5.72. The molecular weight excluding hydrogens is 284 g/mol. The molecule has 0 spiro atoms. The Bertz CT molecular complexity index is 615. The first kappa shape index (κ1) is 17.2. The molecule has 122 valence electrons. The summed E-state index contributed by atoms with van der Waals surface area (Å²) in [5.41, 5.74) is 4.54. The summed E-state index contributed by atoms with van der Waals surface area (Å²) in [5.74, 6) is 0.00313. The lowest BCUT2D eigenvalue weighted by Crippen LogP contribution is -2.30. The van der Waals surface area contributed by atoms with Crippen molar-refractivity contribution in [1.29, 1.82) is 0 Å². The van der Waals surface area contributed by atoms with Gasteiger partial charge < -0.3 is 10.6 Å². The van der Waals surface area contributed by atoms with Crippen LogP contribution in [0.1, 0.15) is 43.5 Å². The first-order valence-electron chi connectivity index (χ1n) is 8.34. The molecule has 3 heteroatoms. The van der Waals surface area contributed by atoms with E-state index < -0.39 is 0 Å². The molecule has 0 aliphatic rings. The first-order chi connectivity index (χ1) is 11.2. The van der Waals surface area contributed by atoms with Crippen molar-refractivity contribution in [3.63, 3.8) is 0 Å². The largest absolute Gasteiger partial charge is 0.324 e. The van der Waals surface area contributed by atoms with Gasteiger partial charge in [-0.15, -0.1) is 0 Å². The number of aryl methyl sites for hydroxylation is 2. The molecule has 2 N–H and O–H groups in total. The predicted octanol–water partition coefficient (Wildman–Crippen LogP) is 4.10. The molecule has 1 atom stereocenters. The van der Waals surface area contributed by atoms with Gasteiger partial charge in [0.2, 0.25) is 5.91 Å². The minimum atomic E-state index is 0.00313. The van der Waals surface area contributed by atoms with Crippen LogP contribution >= 0.6 is 0 Å². The molecule has 0 saturated heterocycles. The molecule has 2 aromatic rings. The van der Waals surface area contributed by atoms with Crippen molar-refractivity contribution in [3.05, 3.63) is 65.2 Å². The number of para-hydroxylation sites is 1. The molecule has 0 radical (unpaired) electrons. The zero-order chi connectivity index (χ0) is 16.7. The van der Waals surface area contributed by atoms with Crippen LogP contribution in [0.5, 0.6) is 0 Å². The van der Waals surface area contributed by atoms with Gasteiger partial charge >= 0.3 is 0 Å². The zero-order valence-electron chi connectivity index (χ0n) is 14.2. The van der Waals surface area contributed by atoms with Gasteiger partial charge in [-0.1, -0.05) is 62.4 Å². The van der Waals surface area contributed by atoms with E-state index in [0.717, 1.165) is 18.5 Å². The number of hydrogen-bond acceptors (Lipinski definition) is 2. The third kappa shape index (κ3) is 4.67. The minimum absolute atomic E-state index is 0.00313. The molecule has 2 aromatic carbocycles. The van der Waals surface area contributed by atoms with Gasteiger partial charge in [0, 0.05) is 11.7 Å². The van der Waals surface area contributed by atoms with E-state index in [2.05, 4.69) is 61.7 Å². The number of anilines is 1. The van der Waals surface area contributed by atoms with Gasteiger partial charge in [-0.3, -0.25) is 4.79 Å². The maximum atomic E-state index is 12.3. The van der Waals surface area contributed by atoms with Crippen LogP contribution in [0, 0.1) is 0 Å². The summed E-state index contributed by atoms with van der Waals surface area (Å²) in [7, 11) is 0. The van der Waals surface area contributed by atoms with Crippen molar-refractivity contribution >= 4 is 11.6 Å². The van der Waals surface area contributed by atoms with Gasteiger partial charge in [0.25, 0.3) is 0 Å². The summed E-state index contributed by atoms with van der Waals surface area (Å²) < 4.78 is 0. The summed E-state index contributed by atoms with van der Waals surface area (Å²) in [4.78, 5) is 12.3. The van der Waals surface area contributed by atoms with Crippen LogP contribution in [0.25, 0.3) is 0 Å². The van der Waals surface area contributed by atoms with Crippen LogP contribution in [-0.2, 0) is 17.6 Å². The van der Waals surface area contributed by atoms with Gasteiger partial charge in [-0.05, 0) is 36.5 Å². The first-order valence-corrected chi connectivity index (χ1v) is 8.34. The zero-order valence-corrected chi connectivity index (χ0v) is 14.2. The molecule has 0 aliphatic heterocycles. The second-order valence-electron chi connectivity index (χ2n) is 5.72. The van der Waals surface area contributed by atoms with Crippen molar-refractivity contribution in [3.8, 4) is 0 Å². The fraction of sp³-hybridized carbons (Fsp3) is 0.350. The maximum Gasteiger partial charge on any atom is 0.238 e. The molecule has 0 aliphatic carbocycles. The van der Waals surface area contributed by atoms with Crippen LogP contribution in [0.4, 0.5) is 5.69 Å². The van der Waals surface area contributed by atoms with Crippen molar-refractivity contribution in [2.45, 2.75) is 39.7 Å². The molecule has 0 heterocycles. The van der Waals surface area contributed by atoms with E-state index in [9.17, 15) is 4.79 Å². The van der Waals surface area contributed by atoms with E-state index in [-0.39, 0.29) is 11.9 Å². The average molecular weight is 310 g/mol. The summed E-state index contributed by atoms with van der Waals surface area (Å²) in [6.07, 6.45) is 1.83. The van der Waals surface area contributed by atoms with Crippen LogP contribution in [0.3, 0.4) is 0 Å². The number of carbonyl (C=O) groups is 1. The van der Waals surface area contributed by atoms with Gasteiger partial charge in [0.15, 0.2) is 0 Å². The fourth-order valence-corrected chi connectivity index (χ4v) is 2.69. The normalized spacial score (nSPS) is 12.0. The number of carbonyl (C=O) groups excluding carboxylic acids is 1. The Balaban J connectivity index is 1.98. The lowest BCUT2D eigenvalue weighted by atomic mass is 10.0. The number of rotatable bonds is 7. The average Bonchev–Trinajstić information content (AvgIpc) is 2.60. The smallest absolute Gasteiger partial charge is 0.238 e. The molecular formula is C20H26N2O. The number of benzene rings is 2. The van der Waals surface area contributed by atoms with E-state index in [1.165, 1.54) is 16.7 Å². The number of nitrogens with one attached hydrogen (secondary N) is 2. The quantitative estimate of drug-likeness (QED) is 0.808. The fourth-order valence-electron chi connectivity index (χ4n) is 2.69. The summed E-state index contributed by atoms with van der Waals surface area (Å²) >= 11 is 0. The molecule has 1 amide bonds. The van der Waals surface area contributed by atoms with Crippen LogP contribution in [0.15, 0.2) is 48.5 Å². The molecule has 3 nitrogen and oxygen atoms in total. The third-order valence-corrected chi connectivity index (χ3v) is 4.13. The van der Waals surface area contributed by atoms with E-state index in [1.807, 2.05) is 18.2 Å². The van der Waals surface area contributed by atoms with Crippen molar-refractivity contribution in [2.24, 2.45) is 0 Å². The summed E-state index contributed by atoms with van der Waals surface area (Å²) in [6.45, 7) is 6.59. The highest BCUT2D eigenvalue weighted by Crippen LogP contribution is 2.22. The Kier molecular flexibility index (Phi) is 6.36. The summed E-state index contributed by atoms with van der Waals surface area (Å²) in [6, 6.07) is 16.5. The van der Waals surface area contributed by atoms with Crippen molar-refractivity contribution in [2.75, 3.05) is 11.9 Å². The minimum Gasteiger partial charge on any atom is -0.324 e. The van der Waals surface area contributed by atoms with Gasteiger partial charge in [-0.25, -0.2) is 0 Å². The second kappa shape index (κ2) is 8.49. The van der Waals surface area contributed by atoms with Gasteiger partial charge in [0.05, 0.1) is 6.54 Å². The van der Waals surface area contributed by atoms with Crippen LogP contribution < -0.4 is 10.6 Å². The highest BCUT2D eigenvalue weighted by molar-refractivity contribution is 5.93. The Morgan fingerprint density at radius 2 is 1.57 bits per heavy atom. The van der Waals surface area contributed by atoms with Crippen LogP contribution in [0.2, 0.25) is 0 Å². The Hall–Kier alpha value is -2.13. The highest BCUT2D eigenvalue weighted by Gasteiger charge is 2.11. The number of amides is 1. The molecule has 1 unspecified atom stereocenters. The molecule has 0 aromatic heterocycles. The molecule has 2 rings (SSSR count). The molecule has 0 saturated carbocycles. The summed E-state index contributed by atoms with van der Waals surface area (Å²) in [5, 5.41) is 6.37. The molecule has 23 heavy (non-hydrogen) atoms. The van der Waals surface area contributed by atoms with Gasteiger partial charge in [-0.2, -0.15) is 0 Å². The molecule has 0 fully saturated rings. The Labute approximate surface area is 139 Å². The van der Waals surface area contributed by atoms with E-state index >= 15 is 0 Å².